The van der Waals surface area contributed by atoms with Crippen LogP contribution in [0.25, 0.3) is 10.9 Å². The minimum Gasteiger partial charge on any atom is -0.379 e. The van der Waals surface area contributed by atoms with Gasteiger partial charge in [-0.3, -0.25) is 4.79 Å². The van der Waals surface area contributed by atoms with Gasteiger partial charge in [-0.05, 0) is 17.7 Å². The molecular formula is C22H25N3O4S. The molecule has 0 spiro atoms. The number of rotatable bonds is 7. The first-order chi connectivity index (χ1) is 14.5. The van der Waals surface area contributed by atoms with Gasteiger partial charge in [0.1, 0.15) is 5.69 Å². The highest BCUT2D eigenvalue weighted by Gasteiger charge is 2.24. The Morgan fingerprint density at radius 3 is 2.47 bits per heavy atom. The second-order valence-electron chi connectivity index (χ2n) is 7.24. The molecule has 4 rings (SSSR count). The number of para-hydroxylation sites is 1. The molecule has 0 atom stereocenters. The van der Waals surface area contributed by atoms with Crippen LogP contribution in [0, 0.1) is 0 Å². The average molecular weight is 428 g/mol. The van der Waals surface area contributed by atoms with Gasteiger partial charge < -0.3 is 14.6 Å². The number of morpholine rings is 1. The van der Waals surface area contributed by atoms with Crippen molar-refractivity contribution in [2.24, 2.45) is 0 Å². The van der Waals surface area contributed by atoms with Crippen molar-refractivity contribution in [3.63, 3.8) is 0 Å². The van der Waals surface area contributed by atoms with Gasteiger partial charge in [0, 0.05) is 37.1 Å². The molecule has 1 aliphatic heterocycles. The Kier molecular flexibility index (Phi) is 6.17. The first-order valence-corrected chi connectivity index (χ1v) is 11.6. The van der Waals surface area contributed by atoms with Crippen LogP contribution < -0.4 is 5.32 Å². The van der Waals surface area contributed by atoms with Gasteiger partial charge in [0.15, 0.2) is 0 Å². The molecule has 1 saturated heterocycles. The summed E-state index contributed by atoms with van der Waals surface area (Å²) >= 11 is 0. The van der Waals surface area contributed by atoms with Crippen molar-refractivity contribution < 1.29 is 17.9 Å². The Balaban J connectivity index is 1.49. The van der Waals surface area contributed by atoms with E-state index in [-0.39, 0.29) is 18.2 Å². The van der Waals surface area contributed by atoms with E-state index in [1.54, 1.807) is 0 Å². The van der Waals surface area contributed by atoms with Crippen molar-refractivity contribution in [2.75, 3.05) is 38.6 Å². The number of benzene rings is 2. The van der Waals surface area contributed by atoms with Crippen LogP contribution in [0.15, 0.2) is 60.7 Å². The molecule has 1 aromatic heterocycles. The largest absolute Gasteiger partial charge is 0.379 e. The van der Waals surface area contributed by atoms with Gasteiger partial charge in [-0.15, -0.1) is 0 Å². The van der Waals surface area contributed by atoms with Gasteiger partial charge in [-0.25, -0.2) is 8.42 Å². The van der Waals surface area contributed by atoms with Crippen molar-refractivity contribution in [3.8, 4) is 0 Å². The Morgan fingerprint density at radius 2 is 1.70 bits per heavy atom. The number of fused-ring (bicyclic) bond motifs is 1. The average Bonchev–Trinajstić information content (AvgIpc) is 3.13. The monoisotopic (exact) mass is 427 g/mol. The van der Waals surface area contributed by atoms with Crippen LogP contribution in [0.2, 0.25) is 0 Å². The molecule has 0 radical (unpaired) electrons. The fourth-order valence-electron chi connectivity index (χ4n) is 3.67. The number of amides is 1. The Hall–Kier alpha value is -2.68. The number of nitrogens with zero attached hydrogens (tertiary/aromatic N) is 2. The number of hydrogen-bond acceptors (Lipinski definition) is 4. The summed E-state index contributed by atoms with van der Waals surface area (Å²) in [6.45, 7) is 2.16. The van der Waals surface area contributed by atoms with E-state index in [9.17, 15) is 13.2 Å². The lowest BCUT2D eigenvalue weighted by atomic mass is 10.2. The molecule has 2 heterocycles. The van der Waals surface area contributed by atoms with Gasteiger partial charge in [0.25, 0.3) is 5.91 Å². The zero-order valence-corrected chi connectivity index (χ0v) is 17.5. The highest BCUT2D eigenvalue weighted by molar-refractivity contribution is 7.89. The predicted molar refractivity (Wildman–Crippen MR) is 116 cm³/mol. The molecule has 1 fully saturated rings. The molecule has 3 aromatic rings. The molecule has 7 nitrogen and oxygen atoms in total. The SMILES string of the molecule is O=C(NCCS(=O)(=O)N1CCOCC1)c1cc2ccccc2n1Cc1ccccc1. The van der Waals surface area contributed by atoms with Crippen molar-refractivity contribution in [1.29, 1.82) is 0 Å². The maximum Gasteiger partial charge on any atom is 0.267 e. The Labute approximate surface area is 176 Å². The van der Waals surface area contributed by atoms with Crippen molar-refractivity contribution in [2.45, 2.75) is 6.54 Å². The van der Waals surface area contributed by atoms with Crippen LogP contribution in [-0.4, -0.2) is 61.8 Å². The van der Waals surface area contributed by atoms with Crippen LogP contribution in [0.3, 0.4) is 0 Å². The molecular weight excluding hydrogens is 402 g/mol. The third-order valence-electron chi connectivity index (χ3n) is 5.24. The molecule has 0 saturated carbocycles. The Bertz CT molecular complexity index is 1120. The topological polar surface area (TPSA) is 80.6 Å². The molecule has 1 aliphatic rings. The van der Waals surface area contributed by atoms with E-state index < -0.39 is 10.0 Å². The molecule has 1 N–H and O–H groups in total. The lowest BCUT2D eigenvalue weighted by Crippen LogP contribution is -2.43. The molecule has 2 aromatic carbocycles. The summed E-state index contributed by atoms with van der Waals surface area (Å²) in [5.74, 6) is -0.406. The number of ether oxygens (including phenoxy) is 1. The molecule has 30 heavy (non-hydrogen) atoms. The van der Waals surface area contributed by atoms with E-state index in [2.05, 4.69) is 5.32 Å². The van der Waals surface area contributed by atoms with E-state index >= 15 is 0 Å². The summed E-state index contributed by atoms with van der Waals surface area (Å²) in [7, 11) is -3.41. The number of aromatic nitrogens is 1. The predicted octanol–water partition coefficient (Wildman–Crippen LogP) is 2.08. The minimum atomic E-state index is -3.41. The third kappa shape index (κ3) is 4.56. The quantitative estimate of drug-likeness (QED) is 0.626. The molecule has 0 unspecified atom stereocenters. The third-order valence-corrected chi connectivity index (χ3v) is 7.11. The first kappa shape index (κ1) is 20.6. The van der Waals surface area contributed by atoms with Gasteiger partial charge in [-0.1, -0.05) is 48.5 Å². The van der Waals surface area contributed by atoms with E-state index in [0.717, 1.165) is 16.5 Å². The molecule has 8 heteroatoms. The number of nitrogens with one attached hydrogen (secondary N) is 1. The summed E-state index contributed by atoms with van der Waals surface area (Å²) < 4.78 is 33.5. The van der Waals surface area contributed by atoms with E-state index in [1.165, 1.54) is 4.31 Å². The van der Waals surface area contributed by atoms with Gasteiger partial charge in [0.2, 0.25) is 10.0 Å². The van der Waals surface area contributed by atoms with Gasteiger partial charge >= 0.3 is 0 Å². The number of sulfonamides is 1. The summed E-state index contributed by atoms with van der Waals surface area (Å²) in [5, 5.41) is 3.76. The minimum absolute atomic E-state index is 0.0609. The molecule has 0 aliphatic carbocycles. The normalized spacial score (nSPS) is 15.3. The smallest absolute Gasteiger partial charge is 0.267 e. The fourth-order valence-corrected chi connectivity index (χ4v) is 5.00. The van der Waals surface area contributed by atoms with Gasteiger partial charge in [0.05, 0.1) is 19.0 Å². The van der Waals surface area contributed by atoms with E-state index in [1.807, 2.05) is 65.2 Å². The highest BCUT2D eigenvalue weighted by Crippen LogP contribution is 2.21. The zero-order chi connectivity index (χ0) is 21.0. The maximum atomic E-state index is 12.9. The highest BCUT2D eigenvalue weighted by atomic mass is 32.2. The van der Waals surface area contributed by atoms with Crippen molar-refractivity contribution in [3.05, 3.63) is 71.9 Å². The van der Waals surface area contributed by atoms with Crippen LogP contribution >= 0.6 is 0 Å². The number of carbonyl (C=O) groups excluding carboxylic acids is 1. The van der Waals surface area contributed by atoms with E-state index in [0.29, 0.717) is 38.5 Å². The second kappa shape index (κ2) is 8.99. The number of hydrogen-bond donors (Lipinski definition) is 1. The van der Waals surface area contributed by atoms with Crippen LogP contribution in [-0.2, 0) is 21.3 Å². The first-order valence-electron chi connectivity index (χ1n) is 10.0. The lowest BCUT2D eigenvalue weighted by molar-refractivity contribution is 0.0730. The summed E-state index contributed by atoms with van der Waals surface area (Å²) in [4.78, 5) is 12.9. The van der Waals surface area contributed by atoms with Crippen LogP contribution in [0.1, 0.15) is 16.1 Å². The lowest BCUT2D eigenvalue weighted by Gasteiger charge is -2.26. The van der Waals surface area contributed by atoms with E-state index in [4.69, 9.17) is 4.74 Å². The molecule has 0 bridgehead atoms. The zero-order valence-electron chi connectivity index (χ0n) is 16.7. The van der Waals surface area contributed by atoms with Crippen molar-refractivity contribution >= 4 is 26.8 Å². The second-order valence-corrected chi connectivity index (χ2v) is 9.33. The summed E-state index contributed by atoms with van der Waals surface area (Å²) in [5.41, 5.74) is 2.57. The van der Waals surface area contributed by atoms with Crippen LogP contribution in [0.4, 0.5) is 0 Å². The standard InChI is InChI=1S/C22H25N3O4S/c26-22(23-10-15-30(27,28)24-11-13-29-14-12-24)21-16-19-8-4-5-9-20(19)25(21)17-18-6-2-1-3-7-18/h1-9,16H,10-15,17H2,(H,23,26). The molecule has 158 valence electrons. The fraction of sp³-hybridized carbons (Fsp3) is 0.318. The Morgan fingerprint density at radius 1 is 1.00 bits per heavy atom. The van der Waals surface area contributed by atoms with Crippen molar-refractivity contribution in [1.82, 2.24) is 14.2 Å². The summed E-state index contributed by atoms with van der Waals surface area (Å²) in [6, 6.07) is 19.6. The van der Waals surface area contributed by atoms with Gasteiger partial charge in [-0.2, -0.15) is 4.31 Å². The molecule has 1 amide bonds. The number of carbonyl (C=O) groups is 1. The maximum absolute atomic E-state index is 12.9. The summed E-state index contributed by atoms with van der Waals surface area (Å²) in [6.07, 6.45) is 0. The van der Waals surface area contributed by atoms with Crippen LogP contribution in [0.5, 0.6) is 0 Å².